The molecule has 1 N–H and O–H groups in total. The van der Waals surface area contributed by atoms with Crippen LogP contribution < -0.4 is 10.1 Å². The zero-order chi connectivity index (χ0) is 17.1. The van der Waals surface area contributed by atoms with Crippen LogP contribution in [0.15, 0.2) is 42.9 Å². The molecule has 0 radical (unpaired) electrons. The summed E-state index contributed by atoms with van der Waals surface area (Å²) >= 11 is 7.21. The van der Waals surface area contributed by atoms with Gasteiger partial charge in [-0.2, -0.15) is 0 Å². The Morgan fingerprint density at radius 3 is 2.92 bits per heavy atom. The monoisotopic (exact) mass is 363 g/mol. The summed E-state index contributed by atoms with van der Waals surface area (Å²) < 4.78 is 18.8. The summed E-state index contributed by atoms with van der Waals surface area (Å²) in [5.41, 5.74) is 0.760. The Bertz CT molecular complexity index is 901. The predicted molar refractivity (Wildman–Crippen MR) is 91.3 cm³/mol. The summed E-state index contributed by atoms with van der Waals surface area (Å²) in [5, 5.41) is 2.98. The van der Waals surface area contributed by atoms with E-state index in [9.17, 15) is 9.18 Å². The number of carbonyl (C=O) groups is 1. The highest BCUT2D eigenvalue weighted by atomic mass is 35.5. The van der Waals surface area contributed by atoms with E-state index >= 15 is 0 Å². The number of halogens is 2. The standard InChI is InChI=1S/C16H11ClFN3O2S/c1-23-16-10(6-9(17)7-20-16)13-2-3-14(24-13)15(22)21-12-4-5-19-8-11(12)18/h2-8H,1H3,(H,19,21,22). The van der Waals surface area contributed by atoms with Gasteiger partial charge in [-0.25, -0.2) is 9.37 Å². The molecule has 0 unspecified atom stereocenters. The Morgan fingerprint density at radius 2 is 2.17 bits per heavy atom. The van der Waals surface area contributed by atoms with Crippen molar-refractivity contribution in [1.29, 1.82) is 0 Å². The van der Waals surface area contributed by atoms with Crippen LogP contribution in [0.5, 0.6) is 5.88 Å². The lowest BCUT2D eigenvalue weighted by atomic mass is 10.2. The van der Waals surface area contributed by atoms with E-state index < -0.39 is 11.7 Å². The normalized spacial score (nSPS) is 10.5. The molecule has 3 rings (SSSR count). The fourth-order valence-electron chi connectivity index (χ4n) is 2.03. The Balaban J connectivity index is 1.87. The number of pyridine rings is 2. The smallest absolute Gasteiger partial charge is 0.265 e. The molecular formula is C16H11ClFN3O2S. The van der Waals surface area contributed by atoms with Crippen molar-refractivity contribution in [3.05, 3.63) is 58.6 Å². The molecule has 0 saturated heterocycles. The van der Waals surface area contributed by atoms with Gasteiger partial charge >= 0.3 is 0 Å². The van der Waals surface area contributed by atoms with E-state index in [4.69, 9.17) is 16.3 Å². The van der Waals surface area contributed by atoms with Crippen LogP contribution in [0.1, 0.15) is 9.67 Å². The van der Waals surface area contributed by atoms with Crippen molar-refractivity contribution < 1.29 is 13.9 Å². The first-order valence-corrected chi connectivity index (χ1v) is 7.98. The molecule has 0 aromatic carbocycles. The van der Waals surface area contributed by atoms with E-state index in [-0.39, 0.29) is 5.69 Å². The van der Waals surface area contributed by atoms with Crippen LogP contribution in [-0.2, 0) is 0 Å². The van der Waals surface area contributed by atoms with Crippen molar-refractivity contribution in [2.45, 2.75) is 0 Å². The molecule has 5 nitrogen and oxygen atoms in total. The van der Waals surface area contributed by atoms with Crippen LogP contribution in [0.3, 0.4) is 0 Å². The maximum atomic E-state index is 13.6. The first-order chi connectivity index (χ1) is 11.6. The number of amides is 1. The number of anilines is 1. The molecule has 3 heterocycles. The van der Waals surface area contributed by atoms with E-state index in [1.54, 1.807) is 18.2 Å². The van der Waals surface area contributed by atoms with Gasteiger partial charge in [0.25, 0.3) is 5.91 Å². The lowest BCUT2D eigenvalue weighted by Crippen LogP contribution is -2.11. The fourth-order valence-corrected chi connectivity index (χ4v) is 3.10. The zero-order valence-electron chi connectivity index (χ0n) is 12.4. The molecule has 0 aliphatic carbocycles. The van der Waals surface area contributed by atoms with Crippen molar-refractivity contribution in [2.24, 2.45) is 0 Å². The molecule has 122 valence electrons. The average Bonchev–Trinajstić information content (AvgIpc) is 3.07. The number of nitrogens with zero attached hydrogens (tertiary/aromatic N) is 2. The van der Waals surface area contributed by atoms with E-state index in [2.05, 4.69) is 15.3 Å². The van der Waals surface area contributed by atoms with E-state index in [1.165, 1.54) is 36.9 Å². The predicted octanol–water partition coefficient (Wildman–Crippen LogP) is 4.26. The maximum absolute atomic E-state index is 13.6. The quantitative estimate of drug-likeness (QED) is 0.752. The third kappa shape index (κ3) is 3.37. The van der Waals surface area contributed by atoms with Crippen molar-refractivity contribution in [1.82, 2.24) is 9.97 Å². The van der Waals surface area contributed by atoms with Crippen molar-refractivity contribution in [2.75, 3.05) is 12.4 Å². The molecule has 3 aromatic rings. The molecule has 0 bridgehead atoms. The van der Waals surface area contributed by atoms with Gasteiger partial charge in [0.15, 0.2) is 5.82 Å². The molecule has 8 heteroatoms. The molecule has 0 aliphatic rings. The lowest BCUT2D eigenvalue weighted by molar-refractivity contribution is 0.103. The summed E-state index contributed by atoms with van der Waals surface area (Å²) in [6, 6.07) is 6.52. The van der Waals surface area contributed by atoms with Crippen molar-refractivity contribution >= 4 is 34.5 Å². The van der Waals surface area contributed by atoms with Crippen molar-refractivity contribution in [3.63, 3.8) is 0 Å². The van der Waals surface area contributed by atoms with Crippen LogP contribution in [0, 0.1) is 5.82 Å². The van der Waals surface area contributed by atoms with Crippen LogP contribution in [0.4, 0.5) is 10.1 Å². The third-order valence-electron chi connectivity index (χ3n) is 3.13. The van der Waals surface area contributed by atoms with Crippen LogP contribution in [0.25, 0.3) is 10.4 Å². The number of methoxy groups -OCH3 is 1. The highest BCUT2D eigenvalue weighted by molar-refractivity contribution is 7.17. The van der Waals surface area contributed by atoms with E-state index in [0.717, 1.165) is 11.1 Å². The second-order valence-electron chi connectivity index (χ2n) is 4.68. The fraction of sp³-hybridized carbons (Fsp3) is 0.0625. The Labute approximate surface area is 146 Å². The van der Waals surface area contributed by atoms with Gasteiger partial charge in [0, 0.05) is 17.3 Å². The number of hydrogen-bond donors (Lipinski definition) is 1. The molecule has 24 heavy (non-hydrogen) atoms. The number of thiophene rings is 1. The first-order valence-electron chi connectivity index (χ1n) is 6.79. The molecule has 0 fully saturated rings. The minimum absolute atomic E-state index is 0.0759. The molecular weight excluding hydrogens is 353 g/mol. The maximum Gasteiger partial charge on any atom is 0.265 e. The summed E-state index contributed by atoms with van der Waals surface area (Å²) in [7, 11) is 1.51. The van der Waals surface area contributed by atoms with Crippen LogP contribution >= 0.6 is 22.9 Å². The molecule has 3 aromatic heterocycles. The topological polar surface area (TPSA) is 64.1 Å². The summed E-state index contributed by atoms with van der Waals surface area (Å²) in [6.45, 7) is 0. The number of nitrogens with one attached hydrogen (secondary N) is 1. The number of rotatable bonds is 4. The Hall–Kier alpha value is -2.51. The summed E-state index contributed by atoms with van der Waals surface area (Å²) in [4.78, 5) is 21.2. The van der Waals surface area contributed by atoms with Gasteiger partial charge in [0.1, 0.15) is 0 Å². The first kappa shape index (κ1) is 16.4. The van der Waals surface area contributed by atoms with E-state index in [0.29, 0.717) is 21.3 Å². The zero-order valence-corrected chi connectivity index (χ0v) is 14.0. The third-order valence-corrected chi connectivity index (χ3v) is 4.45. The van der Waals surface area contributed by atoms with Gasteiger partial charge in [-0.3, -0.25) is 9.78 Å². The van der Waals surface area contributed by atoms with E-state index in [1.807, 2.05) is 0 Å². The minimum atomic E-state index is -0.594. The largest absolute Gasteiger partial charge is 0.481 e. The number of carbonyl (C=O) groups excluding carboxylic acids is 1. The molecule has 1 amide bonds. The van der Waals surface area contributed by atoms with Gasteiger partial charge in [-0.05, 0) is 24.3 Å². The Morgan fingerprint density at radius 1 is 1.33 bits per heavy atom. The highest BCUT2D eigenvalue weighted by Gasteiger charge is 2.15. The van der Waals surface area contributed by atoms with Gasteiger partial charge in [0.05, 0.1) is 34.5 Å². The van der Waals surface area contributed by atoms with Gasteiger partial charge in [0.2, 0.25) is 5.88 Å². The second kappa shape index (κ2) is 6.94. The second-order valence-corrected chi connectivity index (χ2v) is 6.20. The van der Waals surface area contributed by atoms with Gasteiger partial charge in [-0.15, -0.1) is 11.3 Å². The number of hydrogen-bond acceptors (Lipinski definition) is 5. The molecule has 0 atom stereocenters. The lowest BCUT2D eigenvalue weighted by Gasteiger charge is -2.06. The number of aromatic nitrogens is 2. The minimum Gasteiger partial charge on any atom is -0.481 e. The average molecular weight is 364 g/mol. The number of ether oxygens (including phenoxy) is 1. The highest BCUT2D eigenvalue weighted by Crippen LogP contribution is 2.35. The van der Waals surface area contributed by atoms with Crippen molar-refractivity contribution in [3.8, 4) is 16.3 Å². The Kier molecular flexibility index (Phi) is 4.73. The van der Waals surface area contributed by atoms with Gasteiger partial charge in [-0.1, -0.05) is 11.6 Å². The van der Waals surface area contributed by atoms with Crippen LogP contribution in [0.2, 0.25) is 5.02 Å². The SMILES string of the molecule is COc1ncc(Cl)cc1-c1ccc(C(=O)Nc2ccncc2F)s1. The molecule has 0 aliphatic heterocycles. The van der Waals surface area contributed by atoms with Gasteiger partial charge < -0.3 is 10.1 Å². The summed E-state index contributed by atoms with van der Waals surface area (Å²) in [6.07, 6.45) is 3.93. The molecule has 0 spiro atoms. The van der Waals surface area contributed by atoms with Crippen LogP contribution in [-0.4, -0.2) is 23.0 Å². The molecule has 0 saturated carbocycles. The summed E-state index contributed by atoms with van der Waals surface area (Å²) in [5.74, 6) is -0.595.